The van der Waals surface area contributed by atoms with Crippen molar-refractivity contribution in [2.75, 3.05) is 7.11 Å². The highest BCUT2D eigenvalue weighted by atomic mass is 16.5. The van der Waals surface area contributed by atoms with Crippen molar-refractivity contribution in [1.82, 2.24) is 20.3 Å². The van der Waals surface area contributed by atoms with Crippen molar-refractivity contribution in [3.8, 4) is 11.6 Å². The molecule has 2 aromatic heterocycles. The summed E-state index contributed by atoms with van der Waals surface area (Å²) >= 11 is 0. The Hall–Kier alpha value is -1.69. The van der Waals surface area contributed by atoms with Crippen LogP contribution in [-0.2, 0) is 10.3 Å². The second kappa shape index (κ2) is 3.66. The lowest BCUT2D eigenvalue weighted by Crippen LogP contribution is -2.37. The predicted octanol–water partition coefficient (Wildman–Crippen LogP) is 1.79. The summed E-state index contributed by atoms with van der Waals surface area (Å²) in [7, 11) is 1.69. The molecule has 1 saturated carbocycles. The fraction of sp³-hybridized carbons (Fsp3) is 0.545. The van der Waals surface area contributed by atoms with Gasteiger partial charge >= 0.3 is 0 Å². The molecule has 0 atom stereocenters. The Morgan fingerprint density at radius 2 is 2.29 bits per heavy atom. The number of nitrogens with one attached hydrogen (secondary N) is 1. The van der Waals surface area contributed by atoms with E-state index in [1.165, 1.54) is 0 Å². The van der Waals surface area contributed by atoms with E-state index in [0.29, 0.717) is 17.4 Å². The number of nitrogens with zero attached hydrogens (tertiary/aromatic N) is 3. The van der Waals surface area contributed by atoms with E-state index in [-0.39, 0.29) is 5.60 Å². The molecule has 6 nitrogen and oxygen atoms in total. The van der Waals surface area contributed by atoms with Gasteiger partial charge in [-0.1, -0.05) is 5.16 Å². The molecule has 0 aromatic carbocycles. The molecule has 1 aliphatic rings. The maximum absolute atomic E-state index is 5.50. The number of hydrogen-bond acceptors (Lipinski definition) is 5. The van der Waals surface area contributed by atoms with Crippen LogP contribution in [0.5, 0.6) is 0 Å². The monoisotopic (exact) mass is 234 g/mol. The van der Waals surface area contributed by atoms with Crippen LogP contribution in [0.2, 0.25) is 0 Å². The molecule has 3 rings (SSSR count). The molecule has 0 radical (unpaired) electrons. The Balaban J connectivity index is 1.92. The van der Waals surface area contributed by atoms with Crippen LogP contribution in [0, 0.1) is 6.92 Å². The van der Waals surface area contributed by atoms with Gasteiger partial charge in [-0.25, -0.2) is 0 Å². The number of aromatic amines is 1. The topological polar surface area (TPSA) is 76.8 Å². The zero-order chi connectivity index (χ0) is 11.9. The number of hydrogen-bond donors (Lipinski definition) is 1. The van der Waals surface area contributed by atoms with Gasteiger partial charge in [0.1, 0.15) is 5.60 Å². The highest BCUT2D eigenvalue weighted by Crippen LogP contribution is 2.43. The third kappa shape index (κ3) is 1.56. The molecule has 0 unspecified atom stereocenters. The summed E-state index contributed by atoms with van der Waals surface area (Å²) in [6.07, 6.45) is 3.03. The number of methoxy groups -OCH3 is 1. The minimum atomic E-state index is -0.340. The molecule has 0 aliphatic heterocycles. The molecule has 2 heterocycles. The lowest BCUT2D eigenvalue weighted by Gasteiger charge is -2.37. The van der Waals surface area contributed by atoms with Gasteiger partial charge in [0.15, 0.2) is 5.69 Å². The van der Waals surface area contributed by atoms with Gasteiger partial charge in [0.05, 0.1) is 0 Å². The van der Waals surface area contributed by atoms with Gasteiger partial charge in [-0.15, -0.1) is 0 Å². The minimum Gasteiger partial charge on any atom is -0.370 e. The van der Waals surface area contributed by atoms with E-state index >= 15 is 0 Å². The summed E-state index contributed by atoms with van der Waals surface area (Å²) in [6, 6.07) is 1.87. The molecule has 0 saturated heterocycles. The van der Waals surface area contributed by atoms with Crippen molar-refractivity contribution >= 4 is 0 Å². The largest absolute Gasteiger partial charge is 0.370 e. The Bertz CT molecular complexity index is 522. The quantitative estimate of drug-likeness (QED) is 0.876. The van der Waals surface area contributed by atoms with Crippen LogP contribution < -0.4 is 0 Å². The number of aryl methyl sites for hydroxylation is 1. The molecular formula is C11H14N4O2. The summed E-state index contributed by atoms with van der Waals surface area (Å²) < 4.78 is 10.7. The smallest absolute Gasteiger partial charge is 0.278 e. The van der Waals surface area contributed by atoms with E-state index in [1.54, 1.807) is 7.11 Å². The predicted molar refractivity (Wildman–Crippen MR) is 59.2 cm³/mol. The molecule has 1 aliphatic carbocycles. The van der Waals surface area contributed by atoms with Crippen molar-refractivity contribution in [1.29, 1.82) is 0 Å². The first-order valence-corrected chi connectivity index (χ1v) is 5.65. The normalized spacial score (nSPS) is 18.0. The van der Waals surface area contributed by atoms with Gasteiger partial charge in [-0.2, -0.15) is 10.1 Å². The summed E-state index contributed by atoms with van der Waals surface area (Å²) in [4.78, 5) is 4.37. The van der Waals surface area contributed by atoms with E-state index in [9.17, 15) is 0 Å². The maximum atomic E-state index is 5.50. The SMILES string of the molecule is COC1(c2noc(-c3cc(C)[nH]n3)n2)CCC1. The number of H-pyrrole nitrogens is 1. The van der Waals surface area contributed by atoms with Crippen molar-refractivity contribution in [3.63, 3.8) is 0 Å². The molecule has 0 amide bonds. The molecule has 1 fully saturated rings. The molecule has 1 N–H and O–H groups in total. The second-order valence-corrected chi connectivity index (χ2v) is 4.41. The summed E-state index contributed by atoms with van der Waals surface area (Å²) in [5, 5.41) is 10.9. The fourth-order valence-electron chi connectivity index (χ4n) is 2.06. The van der Waals surface area contributed by atoms with Gasteiger partial charge in [0.25, 0.3) is 5.89 Å². The van der Waals surface area contributed by atoms with Crippen LogP contribution >= 0.6 is 0 Å². The fourth-order valence-corrected chi connectivity index (χ4v) is 2.06. The van der Waals surface area contributed by atoms with Crippen LogP contribution in [0.1, 0.15) is 30.8 Å². The first-order valence-electron chi connectivity index (χ1n) is 5.65. The van der Waals surface area contributed by atoms with Crippen LogP contribution in [0.4, 0.5) is 0 Å². The Kier molecular flexibility index (Phi) is 2.25. The lowest BCUT2D eigenvalue weighted by molar-refractivity contribution is -0.0858. The molecule has 0 spiro atoms. The first-order chi connectivity index (χ1) is 8.23. The van der Waals surface area contributed by atoms with Crippen molar-refractivity contribution in [2.24, 2.45) is 0 Å². The van der Waals surface area contributed by atoms with Crippen LogP contribution in [0.25, 0.3) is 11.6 Å². The van der Waals surface area contributed by atoms with Crippen molar-refractivity contribution < 1.29 is 9.26 Å². The van der Waals surface area contributed by atoms with E-state index < -0.39 is 0 Å². The first kappa shape index (κ1) is 10.5. The van der Waals surface area contributed by atoms with Gasteiger partial charge in [-0.05, 0) is 32.3 Å². The average Bonchev–Trinajstić information content (AvgIpc) is 2.86. The molecule has 90 valence electrons. The van der Waals surface area contributed by atoms with Crippen molar-refractivity contribution in [2.45, 2.75) is 31.8 Å². The molecule has 6 heteroatoms. The van der Waals surface area contributed by atoms with Gasteiger partial charge < -0.3 is 9.26 Å². The second-order valence-electron chi connectivity index (χ2n) is 4.41. The third-order valence-electron chi connectivity index (χ3n) is 3.31. The van der Waals surface area contributed by atoms with Gasteiger partial charge in [0.2, 0.25) is 5.82 Å². The van der Waals surface area contributed by atoms with Gasteiger partial charge in [0, 0.05) is 12.8 Å². The summed E-state index contributed by atoms with van der Waals surface area (Å²) in [6.45, 7) is 1.93. The van der Waals surface area contributed by atoms with E-state index in [2.05, 4.69) is 20.3 Å². The molecule has 17 heavy (non-hydrogen) atoms. The number of rotatable bonds is 3. The number of aromatic nitrogens is 4. The van der Waals surface area contributed by atoms with E-state index in [1.807, 2.05) is 13.0 Å². The van der Waals surface area contributed by atoms with Crippen LogP contribution in [-0.4, -0.2) is 27.4 Å². The molecular weight excluding hydrogens is 220 g/mol. The van der Waals surface area contributed by atoms with Crippen LogP contribution in [0.3, 0.4) is 0 Å². The Labute approximate surface area is 98.4 Å². The zero-order valence-electron chi connectivity index (χ0n) is 9.86. The van der Waals surface area contributed by atoms with Crippen molar-refractivity contribution in [3.05, 3.63) is 17.6 Å². The Morgan fingerprint density at radius 1 is 1.47 bits per heavy atom. The van der Waals surface area contributed by atoms with E-state index in [4.69, 9.17) is 9.26 Å². The summed E-state index contributed by atoms with van der Waals surface area (Å²) in [5.41, 5.74) is 1.30. The maximum Gasteiger partial charge on any atom is 0.278 e. The Morgan fingerprint density at radius 3 is 2.82 bits per heavy atom. The number of ether oxygens (including phenoxy) is 1. The molecule has 0 bridgehead atoms. The highest BCUT2D eigenvalue weighted by Gasteiger charge is 2.43. The van der Waals surface area contributed by atoms with Crippen LogP contribution in [0.15, 0.2) is 10.6 Å². The lowest BCUT2D eigenvalue weighted by atomic mass is 9.79. The average molecular weight is 234 g/mol. The minimum absolute atomic E-state index is 0.340. The summed E-state index contributed by atoms with van der Waals surface area (Å²) in [5.74, 6) is 1.06. The zero-order valence-corrected chi connectivity index (χ0v) is 9.86. The highest BCUT2D eigenvalue weighted by molar-refractivity contribution is 5.46. The third-order valence-corrected chi connectivity index (χ3v) is 3.31. The standard InChI is InChI=1S/C11H14N4O2/c1-7-6-8(14-13-7)9-12-10(15-17-9)11(16-2)4-3-5-11/h6H,3-5H2,1-2H3,(H,13,14). The van der Waals surface area contributed by atoms with Gasteiger partial charge in [-0.3, -0.25) is 5.10 Å². The molecule has 2 aromatic rings. The van der Waals surface area contributed by atoms with E-state index in [0.717, 1.165) is 25.0 Å².